The molecule has 28 heavy (non-hydrogen) atoms. The van der Waals surface area contributed by atoms with Crippen LogP contribution in [0.2, 0.25) is 0 Å². The van der Waals surface area contributed by atoms with Gasteiger partial charge in [-0.05, 0) is 36.7 Å². The zero-order valence-electron chi connectivity index (χ0n) is 16.1. The second kappa shape index (κ2) is 7.92. The summed E-state index contributed by atoms with van der Waals surface area (Å²) in [6.45, 7) is 4.34. The van der Waals surface area contributed by atoms with E-state index in [0.717, 1.165) is 44.2 Å². The molecule has 8 nitrogen and oxygen atoms in total. The molecule has 0 aliphatic carbocycles. The van der Waals surface area contributed by atoms with Gasteiger partial charge in [0.05, 0.1) is 18.2 Å². The molecule has 0 saturated carbocycles. The molecule has 4 rings (SSSR count). The van der Waals surface area contributed by atoms with Crippen LogP contribution in [0.25, 0.3) is 0 Å². The van der Waals surface area contributed by atoms with E-state index in [2.05, 4.69) is 14.8 Å². The van der Waals surface area contributed by atoms with E-state index < -0.39 is 9.84 Å². The van der Waals surface area contributed by atoms with E-state index >= 15 is 0 Å². The number of nitrogens with zero attached hydrogens (tertiary/aromatic N) is 6. The fraction of sp³-hybridized carbons (Fsp3) is 0.611. The highest BCUT2D eigenvalue weighted by Crippen LogP contribution is 2.22. The third-order valence-corrected chi connectivity index (χ3v) is 7.93. The fourth-order valence-corrected chi connectivity index (χ4v) is 6.01. The first-order valence-corrected chi connectivity index (χ1v) is 11.9. The molecule has 0 spiro atoms. The Morgan fingerprint density at radius 1 is 1.21 bits per heavy atom. The van der Waals surface area contributed by atoms with E-state index in [9.17, 15) is 8.42 Å². The Labute approximate surface area is 170 Å². The maximum atomic E-state index is 11.7. The summed E-state index contributed by atoms with van der Waals surface area (Å²) in [6, 6.07) is 5.99. The molecular formula is C18H26N6O2S2. The quantitative estimate of drug-likeness (QED) is 0.668. The second-order valence-electron chi connectivity index (χ2n) is 7.66. The zero-order chi connectivity index (χ0) is 19.7. The van der Waals surface area contributed by atoms with Crippen LogP contribution in [0.5, 0.6) is 0 Å². The van der Waals surface area contributed by atoms with Gasteiger partial charge in [-0.25, -0.2) is 18.1 Å². The molecule has 0 aromatic carbocycles. The van der Waals surface area contributed by atoms with Gasteiger partial charge in [-0.1, -0.05) is 6.07 Å². The minimum atomic E-state index is -2.87. The lowest BCUT2D eigenvalue weighted by Gasteiger charge is -2.35. The summed E-state index contributed by atoms with van der Waals surface area (Å²) in [6.07, 6.45) is 3.21. The molecule has 4 heterocycles. The molecule has 0 bridgehead atoms. The molecule has 0 amide bonds. The SMILES string of the molecule is Cn1c(C[C@H]2CCS(=O)(=O)C2)nn(CN2CCN(c3ccccn3)CC2)c1=S. The number of aromatic nitrogens is 4. The molecule has 2 saturated heterocycles. The predicted octanol–water partition coefficient (Wildman–Crippen LogP) is 1.10. The van der Waals surface area contributed by atoms with E-state index in [1.165, 1.54) is 0 Å². The van der Waals surface area contributed by atoms with Crippen molar-refractivity contribution in [3.05, 3.63) is 35.0 Å². The summed E-state index contributed by atoms with van der Waals surface area (Å²) >= 11 is 5.57. The number of sulfone groups is 1. The van der Waals surface area contributed by atoms with Gasteiger partial charge in [-0.3, -0.25) is 4.90 Å². The third-order valence-electron chi connectivity index (χ3n) is 5.61. The van der Waals surface area contributed by atoms with Crippen molar-refractivity contribution < 1.29 is 8.42 Å². The highest BCUT2D eigenvalue weighted by Gasteiger charge is 2.29. The van der Waals surface area contributed by atoms with Gasteiger partial charge >= 0.3 is 0 Å². The maximum Gasteiger partial charge on any atom is 0.198 e. The van der Waals surface area contributed by atoms with Crippen LogP contribution >= 0.6 is 12.2 Å². The van der Waals surface area contributed by atoms with Crippen molar-refractivity contribution in [1.29, 1.82) is 0 Å². The minimum Gasteiger partial charge on any atom is -0.354 e. The average molecular weight is 423 g/mol. The first-order chi connectivity index (χ1) is 13.4. The van der Waals surface area contributed by atoms with Gasteiger partial charge in [0.25, 0.3) is 0 Å². The van der Waals surface area contributed by atoms with Crippen LogP contribution in [0.1, 0.15) is 12.2 Å². The number of piperazine rings is 1. The smallest absolute Gasteiger partial charge is 0.198 e. The van der Waals surface area contributed by atoms with E-state index in [1.54, 1.807) is 0 Å². The predicted molar refractivity (Wildman–Crippen MR) is 111 cm³/mol. The van der Waals surface area contributed by atoms with Gasteiger partial charge in [0, 0.05) is 45.8 Å². The van der Waals surface area contributed by atoms with E-state index in [4.69, 9.17) is 17.3 Å². The molecule has 2 aromatic heterocycles. The summed E-state index contributed by atoms with van der Waals surface area (Å²) < 4.78 is 27.9. The Morgan fingerprint density at radius 2 is 2.00 bits per heavy atom. The molecule has 2 aromatic rings. The number of pyridine rings is 1. The van der Waals surface area contributed by atoms with Gasteiger partial charge in [0.1, 0.15) is 11.6 Å². The third kappa shape index (κ3) is 4.28. The average Bonchev–Trinajstić information content (AvgIpc) is 3.17. The van der Waals surface area contributed by atoms with E-state index in [1.807, 2.05) is 40.7 Å². The van der Waals surface area contributed by atoms with Crippen molar-refractivity contribution in [3.63, 3.8) is 0 Å². The monoisotopic (exact) mass is 422 g/mol. The zero-order valence-corrected chi connectivity index (χ0v) is 17.7. The van der Waals surface area contributed by atoms with Crippen LogP contribution in [-0.2, 0) is 30.0 Å². The van der Waals surface area contributed by atoms with Crippen molar-refractivity contribution in [2.45, 2.75) is 19.5 Å². The fourth-order valence-electron chi connectivity index (χ4n) is 3.94. The first kappa shape index (κ1) is 19.5. The molecule has 2 aliphatic rings. The molecule has 2 aliphatic heterocycles. The van der Waals surface area contributed by atoms with Crippen molar-refractivity contribution >= 4 is 27.9 Å². The van der Waals surface area contributed by atoms with Gasteiger partial charge in [0.15, 0.2) is 14.6 Å². The number of hydrogen-bond acceptors (Lipinski definition) is 7. The Kier molecular flexibility index (Phi) is 5.52. The lowest BCUT2D eigenvalue weighted by Crippen LogP contribution is -2.47. The molecule has 1 atom stereocenters. The van der Waals surface area contributed by atoms with Crippen LogP contribution in [0.3, 0.4) is 0 Å². The van der Waals surface area contributed by atoms with Gasteiger partial charge < -0.3 is 9.47 Å². The summed E-state index contributed by atoms with van der Waals surface area (Å²) in [5, 5.41) is 4.70. The Hall–Kier alpha value is -1.78. The molecule has 10 heteroatoms. The van der Waals surface area contributed by atoms with Crippen LogP contribution in [0.15, 0.2) is 24.4 Å². The first-order valence-electron chi connectivity index (χ1n) is 9.63. The normalized spacial score (nSPS) is 22.6. The van der Waals surface area contributed by atoms with Crippen molar-refractivity contribution in [3.8, 4) is 0 Å². The Morgan fingerprint density at radius 3 is 2.64 bits per heavy atom. The van der Waals surface area contributed by atoms with Gasteiger partial charge in [0.2, 0.25) is 0 Å². The molecule has 0 radical (unpaired) electrons. The summed E-state index contributed by atoms with van der Waals surface area (Å²) in [5.74, 6) is 2.60. The highest BCUT2D eigenvalue weighted by molar-refractivity contribution is 7.91. The van der Waals surface area contributed by atoms with Crippen LogP contribution in [-0.4, -0.2) is 70.3 Å². The number of anilines is 1. The molecule has 2 fully saturated rings. The lowest BCUT2D eigenvalue weighted by atomic mass is 10.1. The molecule has 0 N–H and O–H groups in total. The van der Waals surface area contributed by atoms with Crippen LogP contribution in [0.4, 0.5) is 5.82 Å². The van der Waals surface area contributed by atoms with Gasteiger partial charge in [-0.2, -0.15) is 5.10 Å². The Balaban J connectivity index is 1.37. The summed E-state index contributed by atoms with van der Waals surface area (Å²) in [5.41, 5.74) is 0. The van der Waals surface area contributed by atoms with Crippen molar-refractivity contribution in [2.75, 3.05) is 42.6 Å². The largest absolute Gasteiger partial charge is 0.354 e. The lowest BCUT2D eigenvalue weighted by molar-refractivity contribution is 0.193. The van der Waals surface area contributed by atoms with Crippen LogP contribution < -0.4 is 4.90 Å². The van der Waals surface area contributed by atoms with E-state index in [-0.39, 0.29) is 11.7 Å². The van der Waals surface area contributed by atoms with Crippen molar-refractivity contribution in [1.82, 2.24) is 24.2 Å². The molecule has 0 unspecified atom stereocenters. The topological polar surface area (TPSA) is 76.3 Å². The summed E-state index contributed by atoms with van der Waals surface area (Å²) in [4.78, 5) is 9.06. The molecular weight excluding hydrogens is 396 g/mol. The maximum absolute atomic E-state index is 11.7. The number of hydrogen-bond donors (Lipinski definition) is 0. The molecule has 152 valence electrons. The highest BCUT2D eigenvalue weighted by atomic mass is 32.2. The Bertz CT molecular complexity index is 977. The summed E-state index contributed by atoms with van der Waals surface area (Å²) in [7, 11) is -0.950. The van der Waals surface area contributed by atoms with Crippen molar-refractivity contribution in [2.24, 2.45) is 13.0 Å². The van der Waals surface area contributed by atoms with E-state index in [0.29, 0.717) is 23.6 Å². The van der Waals surface area contributed by atoms with Gasteiger partial charge in [-0.15, -0.1) is 0 Å². The second-order valence-corrected chi connectivity index (χ2v) is 10.3. The minimum absolute atomic E-state index is 0.149. The van der Waals surface area contributed by atoms with Crippen LogP contribution in [0, 0.1) is 10.7 Å². The number of rotatable bonds is 5. The standard InChI is InChI=1S/C18H26N6O2S2/c1-21-17(12-15-5-11-28(25,26)13-15)20-24(18(21)27)14-22-7-9-23(10-8-22)16-4-2-3-6-19-16/h2-4,6,15H,5,7-14H2,1H3/t15-/m1/s1.